The van der Waals surface area contributed by atoms with Gasteiger partial charge in [0.2, 0.25) is 5.91 Å². The van der Waals surface area contributed by atoms with Crippen LogP contribution >= 0.6 is 24.0 Å². The maximum absolute atomic E-state index is 11.8. The highest BCUT2D eigenvalue weighted by Gasteiger charge is 2.03. The van der Waals surface area contributed by atoms with Crippen LogP contribution in [0.4, 0.5) is 5.69 Å². The molecule has 108 valence electrons. The van der Waals surface area contributed by atoms with Crippen LogP contribution in [-0.4, -0.2) is 16.6 Å². The van der Waals surface area contributed by atoms with E-state index in [1.165, 1.54) is 0 Å². The second kappa shape index (κ2) is 7.81. The first-order valence-electron chi connectivity index (χ1n) is 6.46. The van der Waals surface area contributed by atoms with Gasteiger partial charge in [0.05, 0.1) is 5.75 Å². The van der Waals surface area contributed by atoms with Gasteiger partial charge in [-0.2, -0.15) is 0 Å². The number of para-hydroxylation sites is 1. The number of hydrogen-bond acceptors (Lipinski definition) is 3. The summed E-state index contributed by atoms with van der Waals surface area (Å²) >= 11 is 6.48. The van der Waals surface area contributed by atoms with Crippen LogP contribution in [0.1, 0.15) is 11.1 Å². The highest BCUT2D eigenvalue weighted by molar-refractivity contribution is 7.99. The number of thioether (sulfide) groups is 1. The summed E-state index contributed by atoms with van der Waals surface area (Å²) in [5.74, 6) is 1.21. The van der Waals surface area contributed by atoms with E-state index < -0.39 is 0 Å². The van der Waals surface area contributed by atoms with Gasteiger partial charge in [0, 0.05) is 17.0 Å². The number of amides is 1. The predicted octanol–water partition coefficient (Wildman–Crippen LogP) is 3.19. The third-order valence-electron chi connectivity index (χ3n) is 2.80. The van der Waals surface area contributed by atoms with Gasteiger partial charge in [0.1, 0.15) is 4.99 Å². The standard InChI is InChI=1S/C16H16N2OS2/c17-16(20)13-8-6-12(7-9-13)10-21-11-15(19)18-14-4-2-1-3-5-14/h1-9H,10-11H2,(H2,17,20)(H,18,19). The Morgan fingerprint density at radius 1 is 1.10 bits per heavy atom. The van der Waals surface area contributed by atoms with Crippen molar-refractivity contribution in [2.45, 2.75) is 5.75 Å². The maximum atomic E-state index is 11.8. The van der Waals surface area contributed by atoms with Gasteiger partial charge in [-0.15, -0.1) is 11.8 Å². The zero-order chi connectivity index (χ0) is 15.1. The summed E-state index contributed by atoms with van der Waals surface area (Å²) in [5.41, 5.74) is 8.38. The van der Waals surface area contributed by atoms with Crippen molar-refractivity contribution in [1.29, 1.82) is 0 Å². The number of nitrogens with one attached hydrogen (secondary N) is 1. The summed E-state index contributed by atoms with van der Waals surface area (Å²) in [4.78, 5) is 12.2. The minimum Gasteiger partial charge on any atom is -0.389 e. The van der Waals surface area contributed by atoms with Crippen molar-refractivity contribution in [2.24, 2.45) is 5.73 Å². The molecule has 0 aromatic heterocycles. The van der Waals surface area contributed by atoms with Gasteiger partial charge in [0.25, 0.3) is 0 Å². The number of carbonyl (C=O) groups is 1. The zero-order valence-corrected chi connectivity index (χ0v) is 13.0. The molecule has 0 saturated carbocycles. The second-order valence-corrected chi connectivity index (χ2v) is 5.89. The van der Waals surface area contributed by atoms with E-state index in [4.69, 9.17) is 18.0 Å². The van der Waals surface area contributed by atoms with Crippen LogP contribution in [-0.2, 0) is 10.5 Å². The van der Waals surface area contributed by atoms with Gasteiger partial charge < -0.3 is 11.1 Å². The number of benzene rings is 2. The SMILES string of the molecule is NC(=S)c1ccc(CSCC(=O)Nc2ccccc2)cc1. The Morgan fingerprint density at radius 2 is 1.76 bits per heavy atom. The average Bonchev–Trinajstić information content (AvgIpc) is 2.49. The molecule has 0 aliphatic rings. The van der Waals surface area contributed by atoms with Crippen LogP contribution in [0.25, 0.3) is 0 Å². The van der Waals surface area contributed by atoms with Crippen LogP contribution < -0.4 is 11.1 Å². The molecule has 0 fully saturated rings. The van der Waals surface area contributed by atoms with E-state index in [1.54, 1.807) is 11.8 Å². The third kappa shape index (κ3) is 5.21. The topological polar surface area (TPSA) is 55.1 Å². The van der Waals surface area contributed by atoms with E-state index in [2.05, 4.69) is 5.32 Å². The Bertz CT molecular complexity index is 612. The summed E-state index contributed by atoms with van der Waals surface area (Å²) in [6.07, 6.45) is 0. The van der Waals surface area contributed by atoms with Crippen molar-refractivity contribution in [3.8, 4) is 0 Å². The molecule has 3 nitrogen and oxygen atoms in total. The first-order chi connectivity index (χ1) is 10.1. The quantitative estimate of drug-likeness (QED) is 0.804. The van der Waals surface area contributed by atoms with E-state index in [1.807, 2.05) is 54.6 Å². The lowest BCUT2D eigenvalue weighted by Gasteiger charge is -2.05. The number of thiocarbonyl (C=S) groups is 1. The molecule has 0 bridgehead atoms. The summed E-state index contributed by atoms with van der Waals surface area (Å²) in [6.45, 7) is 0. The molecule has 0 aliphatic carbocycles. The minimum atomic E-state index is 0.00551. The van der Waals surface area contributed by atoms with Gasteiger partial charge in [0.15, 0.2) is 0 Å². The van der Waals surface area contributed by atoms with E-state index in [9.17, 15) is 4.79 Å². The summed E-state index contributed by atoms with van der Waals surface area (Å²) in [5, 5.41) is 2.86. The van der Waals surface area contributed by atoms with Crippen LogP contribution in [0.5, 0.6) is 0 Å². The molecule has 0 heterocycles. The molecular formula is C16H16N2OS2. The van der Waals surface area contributed by atoms with Crippen molar-refractivity contribution < 1.29 is 4.79 Å². The number of hydrogen-bond donors (Lipinski definition) is 2. The van der Waals surface area contributed by atoms with Crippen molar-refractivity contribution >= 4 is 40.6 Å². The Hall–Kier alpha value is -1.85. The van der Waals surface area contributed by atoms with Crippen LogP contribution in [0.2, 0.25) is 0 Å². The molecule has 0 atom stereocenters. The lowest BCUT2D eigenvalue weighted by Crippen LogP contribution is -2.14. The highest BCUT2D eigenvalue weighted by Crippen LogP contribution is 2.14. The normalized spacial score (nSPS) is 10.1. The Morgan fingerprint density at radius 3 is 2.38 bits per heavy atom. The second-order valence-electron chi connectivity index (χ2n) is 4.47. The molecule has 5 heteroatoms. The molecule has 21 heavy (non-hydrogen) atoms. The van der Waals surface area contributed by atoms with Crippen molar-refractivity contribution in [1.82, 2.24) is 0 Å². The molecule has 0 radical (unpaired) electrons. The van der Waals surface area contributed by atoms with E-state index in [0.717, 1.165) is 22.6 Å². The van der Waals surface area contributed by atoms with E-state index in [0.29, 0.717) is 10.7 Å². The van der Waals surface area contributed by atoms with Gasteiger partial charge in [-0.3, -0.25) is 4.79 Å². The number of rotatable bonds is 6. The van der Waals surface area contributed by atoms with Gasteiger partial charge in [-0.1, -0.05) is 54.7 Å². The smallest absolute Gasteiger partial charge is 0.234 e. The first-order valence-corrected chi connectivity index (χ1v) is 8.03. The fourth-order valence-electron chi connectivity index (χ4n) is 1.75. The molecule has 0 unspecified atom stereocenters. The first kappa shape index (κ1) is 15.5. The monoisotopic (exact) mass is 316 g/mol. The van der Waals surface area contributed by atoms with E-state index in [-0.39, 0.29) is 5.91 Å². The lowest BCUT2D eigenvalue weighted by atomic mass is 10.1. The largest absolute Gasteiger partial charge is 0.389 e. The number of carbonyl (C=O) groups excluding carboxylic acids is 1. The van der Waals surface area contributed by atoms with Gasteiger partial charge in [-0.25, -0.2) is 0 Å². The Balaban J connectivity index is 1.76. The van der Waals surface area contributed by atoms with Crippen molar-refractivity contribution in [3.63, 3.8) is 0 Å². The van der Waals surface area contributed by atoms with Crippen LogP contribution in [0, 0.1) is 0 Å². The molecule has 0 aliphatic heterocycles. The summed E-state index contributed by atoms with van der Waals surface area (Å²) in [6, 6.07) is 17.2. The zero-order valence-electron chi connectivity index (χ0n) is 11.4. The molecule has 3 N–H and O–H groups in total. The van der Waals surface area contributed by atoms with E-state index >= 15 is 0 Å². The van der Waals surface area contributed by atoms with Crippen LogP contribution in [0.3, 0.4) is 0 Å². The average molecular weight is 316 g/mol. The highest BCUT2D eigenvalue weighted by atomic mass is 32.2. The van der Waals surface area contributed by atoms with Crippen molar-refractivity contribution in [2.75, 3.05) is 11.1 Å². The molecule has 2 rings (SSSR count). The fourth-order valence-corrected chi connectivity index (χ4v) is 2.67. The fraction of sp³-hybridized carbons (Fsp3) is 0.125. The molecular weight excluding hydrogens is 300 g/mol. The maximum Gasteiger partial charge on any atom is 0.234 e. The number of anilines is 1. The number of nitrogens with two attached hydrogens (primary N) is 1. The molecule has 1 amide bonds. The predicted molar refractivity (Wildman–Crippen MR) is 93.6 cm³/mol. The summed E-state index contributed by atoms with van der Waals surface area (Å²) < 4.78 is 0. The lowest BCUT2D eigenvalue weighted by molar-refractivity contribution is -0.113. The minimum absolute atomic E-state index is 0.00551. The molecule has 0 saturated heterocycles. The third-order valence-corrected chi connectivity index (χ3v) is 4.04. The Kier molecular flexibility index (Phi) is 5.78. The van der Waals surface area contributed by atoms with Crippen molar-refractivity contribution in [3.05, 3.63) is 65.7 Å². The van der Waals surface area contributed by atoms with Gasteiger partial charge >= 0.3 is 0 Å². The molecule has 2 aromatic rings. The summed E-state index contributed by atoms with van der Waals surface area (Å²) in [7, 11) is 0. The van der Waals surface area contributed by atoms with Gasteiger partial charge in [-0.05, 0) is 17.7 Å². The Labute approximate surface area is 133 Å². The molecule has 2 aromatic carbocycles. The van der Waals surface area contributed by atoms with Crippen LogP contribution in [0.15, 0.2) is 54.6 Å². The molecule has 0 spiro atoms.